The van der Waals surface area contributed by atoms with Gasteiger partial charge in [0.15, 0.2) is 5.17 Å². The molecule has 2 amide bonds. The fourth-order valence-corrected chi connectivity index (χ4v) is 7.50. The Morgan fingerprint density at radius 3 is 1.80 bits per heavy atom. The Morgan fingerprint density at radius 2 is 1.24 bits per heavy atom. The molecule has 0 radical (unpaired) electrons. The molecule has 4 aromatic rings. The summed E-state index contributed by atoms with van der Waals surface area (Å²) in [4.78, 5) is 49.2. The minimum atomic E-state index is -0.201. The molecule has 46 heavy (non-hydrogen) atoms. The number of hydrogen-bond acceptors (Lipinski definition) is 8. The monoisotopic (exact) mass is 644 g/mol. The first kappa shape index (κ1) is 31.2. The van der Waals surface area contributed by atoms with Crippen LogP contribution in [0.3, 0.4) is 0 Å². The highest BCUT2D eigenvalue weighted by molar-refractivity contribution is 8.82. The normalized spacial score (nSPS) is 17.2. The number of rotatable bonds is 11. The van der Waals surface area contributed by atoms with Crippen LogP contribution in [0.5, 0.6) is 0 Å². The van der Waals surface area contributed by atoms with E-state index < -0.39 is 0 Å². The van der Waals surface area contributed by atoms with Crippen molar-refractivity contribution >= 4 is 67.9 Å². The van der Waals surface area contributed by atoms with Crippen molar-refractivity contribution in [1.29, 1.82) is 0 Å². The molecule has 0 N–H and O–H groups in total. The number of benzene rings is 2. The molecule has 0 fully saturated rings. The summed E-state index contributed by atoms with van der Waals surface area (Å²) >= 11 is 0. The Hall–Kier alpha value is -4.80. The van der Waals surface area contributed by atoms with Crippen LogP contribution < -0.4 is 9.80 Å². The predicted octanol–water partition coefficient (Wildman–Crippen LogP) is 7.89. The van der Waals surface area contributed by atoms with Gasteiger partial charge >= 0.3 is 0 Å². The number of carbonyl (C=O) groups is 2. The highest BCUT2D eigenvalue weighted by Crippen LogP contribution is 2.38. The third kappa shape index (κ3) is 7.19. The lowest BCUT2D eigenvalue weighted by atomic mass is 10.0. The first-order valence-electron chi connectivity index (χ1n) is 15.1. The number of carbonyl (C=O) groups excluding carboxylic acids is 2. The lowest BCUT2D eigenvalue weighted by Gasteiger charge is -2.25. The first-order valence-corrected chi connectivity index (χ1v) is 17.5. The molecule has 6 rings (SSSR count). The van der Waals surface area contributed by atoms with E-state index in [1.807, 2.05) is 97.1 Å². The fraction of sp³-hybridized carbons (Fsp3) is 0.167. The summed E-state index contributed by atoms with van der Waals surface area (Å²) in [6.45, 7) is 2.16. The largest absolute Gasteiger partial charge is 0.283 e. The van der Waals surface area contributed by atoms with Gasteiger partial charge in [-0.3, -0.25) is 29.4 Å². The number of nitrogens with zero attached hydrogens (tertiary/aromatic N) is 6. The van der Waals surface area contributed by atoms with Gasteiger partial charge in [-0.15, -0.1) is 0 Å². The van der Waals surface area contributed by atoms with Crippen molar-refractivity contribution in [3.63, 3.8) is 0 Å². The summed E-state index contributed by atoms with van der Waals surface area (Å²) < 4.78 is 0. The average Bonchev–Trinajstić information content (AvgIpc) is 3.59. The highest BCUT2D eigenvalue weighted by atomic mass is 33.1. The summed E-state index contributed by atoms with van der Waals surface area (Å²) in [5.41, 5.74) is 3.57. The van der Waals surface area contributed by atoms with E-state index >= 15 is 0 Å². The number of hydrogen-bond donors (Lipinski definition) is 0. The standard InChI is InChI=1S/C36H32N6O2S2/c1-2-3-14-26(33-39-31(23-27-15-10-12-21-37-27)34(43)41(33)29-17-6-4-7-18-29)25-45-46-36-40-32(24-28-16-11-13-22-38-28)35(44)42(36)30-19-8-5-9-20-30/h4-13,15-24,26H,2-3,14,25H2,1H3/b31-23-,32-24-. The quantitative estimate of drug-likeness (QED) is 0.122. The summed E-state index contributed by atoms with van der Waals surface area (Å²) in [6.07, 6.45) is 9.71. The van der Waals surface area contributed by atoms with Crippen LogP contribution in [0, 0.1) is 5.92 Å². The van der Waals surface area contributed by atoms with Crippen molar-refractivity contribution in [3.8, 4) is 0 Å². The van der Waals surface area contributed by atoms with Crippen LogP contribution in [0.25, 0.3) is 12.2 Å². The number of pyridine rings is 2. The summed E-state index contributed by atoms with van der Waals surface area (Å²) in [5.74, 6) is 0.985. The Labute approximate surface area is 276 Å². The summed E-state index contributed by atoms with van der Waals surface area (Å²) in [5, 5.41) is 0.581. The molecule has 230 valence electrons. The van der Waals surface area contributed by atoms with Gasteiger partial charge in [-0.25, -0.2) is 9.98 Å². The number of aromatic nitrogens is 2. The number of anilines is 2. The maximum atomic E-state index is 13.8. The molecule has 8 nitrogen and oxygen atoms in total. The smallest absolute Gasteiger partial charge is 0.266 e. The van der Waals surface area contributed by atoms with E-state index in [-0.39, 0.29) is 17.7 Å². The molecule has 0 aliphatic carbocycles. The Kier molecular flexibility index (Phi) is 10.2. The number of amidine groups is 2. The second kappa shape index (κ2) is 15.0. The van der Waals surface area contributed by atoms with E-state index in [4.69, 9.17) is 9.98 Å². The maximum absolute atomic E-state index is 13.8. The molecule has 2 aliphatic heterocycles. The van der Waals surface area contributed by atoms with Gasteiger partial charge in [0.25, 0.3) is 11.8 Å². The van der Waals surface area contributed by atoms with Crippen LogP contribution in [0.2, 0.25) is 0 Å². The molecule has 10 heteroatoms. The molecular weight excluding hydrogens is 613 g/mol. The van der Waals surface area contributed by atoms with Crippen LogP contribution in [-0.4, -0.2) is 38.5 Å². The third-order valence-corrected chi connectivity index (χ3v) is 9.65. The van der Waals surface area contributed by atoms with Gasteiger partial charge in [0, 0.05) is 24.1 Å². The molecule has 0 saturated heterocycles. The van der Waals surface area contributed by atoms with E-state index in [0.29, 0.717) is 33.7 Å². The van der Waals surface area contributed by atoms with E-state index in [1.165, 1.54) is 10.8 Å². The first-order chi connectivity index (χ1) is 22.6. The molecule has 0 saturated carbocycles. The number of para-hydroxylation sites is 2. The predicted molar refractivity (Wildman–Crippen MR) is 190 cm³/mol. The molecule has 2 aromatic heterocycles. The number of amides is 2. The minimum absolute atomic E-state index is 0.0253. The van der Waals surface area contributed by atoms with Crippen molar-refractivity contribution in [1.82, 2.24) is 9.97 Å². The second-order valence-corrected chi connectivity index (χ2v) is 12.9. The zero-order valence-corrected chi connectivity index (χ0v) is 26.9. The van der Waals surface area contributed by atoms with Crippen LogP contribution in [0.15, 0.2) is 131 Å². The lowest BCUT2D eigenvalue weighted by molar-refractivity contribution is -0.114. The second-order valence-electron chi connectivity index (χ2n) is 10.6. The van der Waals surface area contributed by atoms with Gasteiger partial charge in [0.2, 0.25) is 0 Å². The van der Waals surface area contributed by atoms with Crippen molar-refractivity contribution in [2.24, 2.45) is 15.9 Å². The molecule has 0 bridgehead atoms. The minimum Gasteiger partial charge on any atom is -0.266 e. The third-order valence-electron chi connectivity index (χ3n) is 7.36. The van der Waals surface area contributed by atoms with Gasteiger partial charge in [0.1, 0.15) is 17.2 Å². The van der Waals surface area contributed by atoms with E-state index in [0.717, 1.165) is 36.5 Å². The zero-order chi connectivity index (χ0) is 31.7. The molecule has 2 aromatic carbocycles. The SMILES string of the molecule is CCCCC(CSSC1=N/C(=C\c2ccccn2)C(=O)N1c1ccccc1)C1=N/C(=C\c2ccccn2)C(=O)N1c1ccccc1. The average molecular weight is 645 g/mol. The topological polar surface area (TPSA) is 91.1 Å². The molecule has 1 atom stereocenters. The Bertz CT molecular complexity index is 1800. The van der Waals surface area contributed by atoms with Crippen molar-refractivity contribution in [2.75, 3.05) is 15.6 Å². The van der Waals surface area contributed by atoms with E-state index in [9.17, 15) is 9.59 Å². The molecule has 4 heterocycles. The van der Waals surface area contributed by atoms with Gasteiger partial charge in [-0.1, -0.05) is 79.1 Å². The molecular formula is C36H32N6O2S2. The van der Waals surface area contributed by atoms with E-state index in [1.54, 1.807) is 45.1 Å². The number of aliphatic imine (C=N–C) groups is 2. The van der Waals surface area contributed by atoms with Crippen LogP contribution >= 0.6 is 21.6 Å². The molecule has 2 aliphatic rings. The number of unbranched alkanes of at least 4 members (excludes halogenated alkanes) is 1. The zero-order valence-electron chi connectivity index (χ0n) is 25.3. The van der Waals surface area contributed by atoms with Crippen molar-refractivity contribution in [2.45, 2.75) is 26.2 Å². The van der Waals surface area contributed by atoms with E-state index in [2.05, 4.69) is 16.9 Å². The summed E-state index contributed by atoms with van der Waals surface area (Å²) in [7, 11) is 3.06. The maximum Gasteiger partial charge on any atom is 0.283 e. The summed E-state index contributed by atoms with van der Waals surface area (Å²) in [6, 6.07) is 30.3. The van der Waals surface area contributed by atoms with Crippen LogP contribution in [0.1, 0.15) is 37.6 Å². The highest BCUT2D eigenvalue weighted by Gasteiger charge is 2.37. The lowest BCUT2D eigenvalue weighted by Crippen LogP contribution is -2.37. The van der Waals surface area contributed by atoms with Crippen molar-refractivity contribution < 1.29 is 9.59 Å². The van der Waals surface area contributed by atoms with Gasteiger partial charge in [0.05, 0.1) is 22.8 Å². The van der Waals surface area contributed by atoms with Crippen molar-refractivity contribution in [3.05, 3.63) is 132 Å². The Balaban J connectivity index is 1.28. The van der Waals surface area contributed by atoms with Crippen LogP contribution in [0.4, 0.5) is 11.4 Å². The molecule has 0 spiro atoms. The van der Waals surface area contributed by atoms with Crippen LogP contribution in [-0.2, 0) is 9.59 Å². The van der Waals surface area contributed by atoms with Gasteiger partial charge in [-0.05, 0) is 77.9 Å². The fourth-order valence-electron chi connectivity index (χ4n) is 5.10. The Morgan fingerprint density at radius 1 is 0.696 bits per heavy atom. The van der Waals surface area contributed by atoms with Gasteiger partial charge < -0.3 is 0 Å². The van der Waals surface area contributed by atoms with Gasteiger partial charge in [-0.2, -0.15) is 0 Å². The molecule has 1 unspecified atom stereocenters.